The summed E-state index contributed by atoms with van der Waals surface area (Å²) in [5.41, 5.74) is 1.73. The van der Waals surface area contributed by atoms with E-state index in [4.69, 9.17) is 4.74 Å². The minimum atomic E-state index is 0.101. The first-order valence-corrected chi connectivity index (χ1v) is 15.4. The summed E-state index contributed by atoms with van der Waals surface area (Å²) in [5.74, 6) is 1.94. The van der Waals surface area contributed by atoms with E-state index in [1.807, 2.05) is 35.2 Å². The number of ether oxygens (including phenoxy) is 1. The summed E-state index contributed by atoms with van der Waals surface area (Å²) >= 11 is 0. The summed E-state index contributed by atoms with van der Waals surface area (Å²) in [6.45, 7) is 4.76. The van der Waals surface area contributed by atoms with E-state index in [-0.39, 0.29) is 11.8 Å². The zero-order chi connectivity index (χ0) is 27.5. The number of carbonyl (C=O) groups is 2. The Kier molecular flexibility index (Phi) is 8.24. The first-order valence-electron chi connectivity index (χ1n) is 15.4. The van der Waals surface area contributed by atoms with Gasteiger partial charge in [0, 0.05) is 50.2 Å². The minimum absolute atomic E-state index is 0.101. The summed E-state index contributed by atoms with van der Waals surface area (Å²) in [4.78, 5) is 32.6. The molecule has 2 aliphatic heterocycles. The summed E-state index contributed by atoms with van der Waals surface area (Å²) in [5, 5.41) is 2.44. The van der Waals surface area contributed by atoms with Gasteiger partial charge in [-0.3, -0.25) is 9.59 Å². The number of hydrogen-bond donors (Lipinski definition) is 0. The maximum absolute atomic E-state index is 13.2. The maximum Gasteiger partial charge on any atom is 0.253 e. The number of amides is 2. The molecule has 0 radical (unpaired) electrons. The number of carbonyl (C=O) groups excluding carboxylic acids is 2. The first-order chi connectivity index (χ1) is 19.5. The van der Waals surface area contributed by atoms with Crippen molar-refractivity contribution in [1.29, 1.82) is 0 Å². The van der Waals surface area contributed by atoms with E-state index in [1.165, 1.54) is 42.5 Å². The van der Waals surface area contributed by atoms with Crippen LogP contribution in [0.5, 0.6) is 5.75 Å². The van der Waals surface area contributed by atoms with Crippen molar-refractivity contribution in [2.24, 2.45) is 11.8 Å². The average Bonchev–Trinajstić information content (AvgIpc) is 3.36. The number of piperazine rings is 1. The van der Waals surface area contributed by atoms with E-state index < -0.39 is 0 Å². The SMILES string of the molecule is CN1CCN(C(=O)c2cccc(COc3ccc4c(c3)=CCC(CC3CCN(C5CCCCC5)C3=O)C=4)c2)CC1. The van der Waals surface area contributed by atoms with Crippen LogP contribution in [-0.4, -0.2) is 72.3 Å². The van der Waals surface area contributed by atoms with E-state index in [0.29, 0.717) is 24.5 Å². The van der Waals surface area contributed by atoms with Crippen molar-refractivity contribution >= 4 is 24.0 Å². The van der Waals surface area contributed by atoms with Crippen molar-refractivity contribution in [3.05, 3.63) is 64.0 Å². The molecular weight excluding hydrogens is 498 g/mol. The van der Waals surface area contributed by atoms with Gasteiger partial charge in [-0.2, -0.15) is 0 Å². The molecule has 4 aliphatic rings. The largest absolute Gasteiger partial charge is 0.489 e. The van der Waals surface area contributed by atoms with Crippen molar-refractivity contribution in [3.8, 4) is 5.75 Å². The van der Waals surface area contributed by atoms with Crippen molar-refractivity contribution < 1.29 is 14.3 Å². The average molecular weight is 542 g/mol. The fourth-order valence-electron chi connectivity index (χ4n) is 6.99. The Hall–Kier alpha value is -3.12. The van der Waals surface area contributed by atoms with Crippen LogP contribution < -0.4 is 15.2 Å². The molecule has 2 heterocycles. The molecule has 6 heteroatoms. The number of fused-ring (bicyclic) bond motifs is 1. The van der Waals surface area contributed by atoms with E-state index in [0.717, 1.165) is 68.9 Å². The predicted molar refractivity (Wildman–Crippen MR) is 158 cm³/mol. The Morgan fingerprint density at radius 1 is 0.925 bits per heavy atom. The van der Waals surface area contributed by atoms with Crippen LogP contribution in [0.25, 0.3) is 12.2 Å². The van der Waals surface area contributed by atoms with E-state index >= 15 is 0 Å². The summed E-state index contributed by atoms with van der Waals surface area (Å²) in [6, 6.07) is 14.6. The fourth-order valence-corrected chi connectivity index (χ4v) is 6.99. The molecule has 0 bridgehead atoms. The molecule has 2 unspecified atom stereocenters. The number of likely N-dealkylation sites (tertiary alicyclic amines) is 1. The number of benzene rings is 2. The molecule has 0 aromatic heterocycles. The van der Waals surface area contributed by atoms with Gasteiger partial charge in [-0.1, -0.05) is 49.6 Å². The smallest absolute Gasteiger partial charge is 0.253 e. The molecule has 1 saturated carbocycles. The monoisotopic (exact) mass is 541 g/mol. The Morgan fingerprint density at radius 2 is 1.75 bits per heavy atom. The Bertz CT molecular complexity index is 1340. The van der Waals surface area contributed by atoms with Gasteiger partial charge in [0.2, 0.25) is 5.91 Å². The standard InChI is InChI=1S/C34H43N3O3/c1-35-16-18-36(19-17-35)33(38)29-7-5-6-26(22-29)24-40-32-13-12-27-20-25(10-11-28(27)23-32)21-30-14-15-37(34(30)39)31-8-3-2-4-9-31/h5-7,11-13,20,22-23,25,30-31H,2-4,8-10,14-19,21,24H2,1H3. The van der Waals surface area contributed by atoms with Crippen LogP contribution >= 0.6 is 0 Å². The van der Waals surface area contributed by atoms with Crippen molar-refractivity contribution in [2.45, 2.75) is 64.0 Å². The van der Waals surface area contributed by atoms with Gasteiger partial charge in [0.05, 0.1) is 0 Å². The highest BCUT2D eigenvalue weighted by molar-refractivity contribution is 5.94. The van der Waals surface area contributed by atoms with E-state index in [2.05, 4.69) is 41.1 Å². The van der Waals surface area contributed by atoms with Gasteiger partial charge >= 0.3 is 0 Å². The third kappa shape index (κ3) is 6.12. The maximum atomic E-state index is 13.2. The highest BCUT2D eigenvalue weighted by atomic mass is 16.5. The molecule has 3 fully saturated rings. The third-order valence-corrected chi connectivity index (χ3v) is 9.44. The lowest BCUT2D eigenvalue weighted by Gasteiger charge is -2.32. The summed E-state index contributed by atoms with van der Waals surface area (Å²) < 4.78 is 6.15. The van der Waals surface area contributed by atoms with Crippen molar-refractivity contribution in [3.63, 3.8) is 0 Å². The van der Waals surface area contributed by atoms with Gasteiger partial charge in [-0.15, -0.1) is 0 Å². The zero-order valence-electron chi connectivity index (χ0n) is 23.9. The molecule has 212 valence electrons. The Morgan fingerprint density at radius 3 is 2.58 bits per heavy atom. The molecule has 2 saturated heterocycles. The van der Waals surface area contributed by atoms with Gasteiger partial charge in [-0.05, 0) is 85.3 Å². The van der Waals surface area contributed by atoms with Crippen molar-refractivity contribution in [1.82, 2.24) is 14.7 Å². The fraction of sp³-hybridized carbons (Fsp3) is 0.529. The topological polar surface area (TPSA) is 53.1 Å². The lowest BCUT2D eigenvalue weighted by Crippen LogP contribution is -2.47. The minimum Gasteiger partial charge on any atom is -0.489 e. The van der Waals surface area contributed by atoms with Crippen LogP contribution in [0.1, 0.15) is 67.3 Å². The molecule has 0 spiro atoms. The Labute approximate surface area is 238 Å². The van der Waals surface area contributed by atoms with Crippen LogP contribution in [0.4, 0.5) is 0 Å². The zero-order valence-corrected chi connectivity index (χ0v) is 23.9. The number of hydrogen-bond acceptors (Lipinski definition) is 4. The molecule has 2 amide bonds. The van der Waals surface area contributed by atoms with Crippen LogP contribution in [0.15, 0.2) is 42.5 Å². The first kappa shape index (κ1) is 27.1. The highest BCUT2D eigenvalue weighted by Crippen LogP contribution is 2.33. The van der Waals surface area contributed by atoms with Crippen LogP contribution in [-0.2, 0) is 11.4 Å². The van der Waals surface area contributed by atoms with Gasteiger partial charge in [0.25, 0.3) is 5.91 Å². The quantitative estimate of drug-likeness (QED) is 0.535. The molecule has 0 N–H and O–H groups in total. The number of rotatable bonds is 7. The lowest BCUT2D eigenvalue weighted by atomic mass is 9.87. The second-order valence-corrected chi connectivity index (χ2v) is 12.3. The van der Waals surface area contributed by atoms with Crippen molar-refractivity contribution in [2.75, 3.05) is 39.8 Å². The summed E-state index contributed by atoms with van der Waals surface area (Å²) in [6.07, 6.45) is 13.9. The second kappa shape index (κ2) is 12.2. The molecule has 6 rings (SSSR count). The van der Waals surface area contributed by atoms with E-state index in [1.54, 1.807) is 0 Å². The van der Waals surface area contributed by atoms with Crippen LogP contribution in [0, 0.1) is 11.8 Å². The number of likely N-dealkylation sites (N-methyl/N-ethyl adjacent to an activating group) is 1. The molecule has 2 aromatic carbocycles. The second-order valence-electron chi connectivity index (χ2n) is 12.3. The van der Waals surface area contributed by atoms with E-state index in [9.17, 15) is 9.59 Å². The molecular formula is C34H43N3O3. The van der Waals surface area contributed by atoms with Crippen LogP contribution in [0.3, 0.4) is 0 Å². The molecule has 40 heavy (non-hydrogen) atoms. The highest BCUT2D eigenvalue weighted by Gasteiger charge is 2.37. The summed E-state index contributed by atoms with van der Waals surface area (Å²) in [7, 11) is 2.10. The normalized spacial score (nSPS) is 23.9. The van der Waals surface area contributed by atoms with Gasteiger partial charge < -0.3 is 19.4 Å². The third-order valence-electron chi connectivity index (χ3n) is 9.44. The van der Waals surface area contributed by atoms with Gasteiger partial charge in [0.1, 0.15) is 12.4 Å². The Balaban J connectivity index is 1.04. The van der Waals surface area contributed by atoms with Gasteiger partial charge in [0.15, 0.2) is 0 Å². The van der Waals surface area contributed by atoms with Gasteiger partial charge in [-0.25, -0.2) is 0 Å². The lowest BCUT2D eigenvalue weighted by molar-refractivity contribution is -0.133. The molecule has 2 aromatic rings. The molecule has 2 aliphatic carbocycles. The van der Waals surface area contributed by atoms with Crippen LogP contribution in [0.2, 0.25) is 0 Å². The predicted octanol–water partition coefficient (Wildman–Crippen LogP) is 3.81. The molecule has 2 atom stereocenters. The molecule has 6 nitrogen and oxygen atoms in total. The number of nitrogens with zero attached hydrogens (tertiary/aromatic N) is 3.